The Morgan fingerprint density at radius 1 is 0.800 bits per heavy atom. The van der Waals surface area contributed by atoms with Crippen LogP contribution in [0.4, 0.5) is 0 Å². The minimum atomic E-state index is -0.168. The van der Waals surface area contributed by atoms with E-state index in [0.29, 0.717) is 28.4 Å². The summed E-state index contributed by atoms with van der Waals surface area (Å²) >= 11 is 0. The van der Waals surface area contributed by atoms with Gasteiger partial charge in [-0.15, -0.1) is 0 Å². The van der Waals surface area contributed by atoms with Crippen LogP contribution in [0.1, 0.15) is 15.9 Å². The third kappa shape index (κ3) is 2.59. The van der Waals surface area contributed by atoms with Crippen molar-refractivity contribution in [3.05, 3.63) is 53.6 Å². The summed E-state index contributed by atoms with van der Waals surface area (Å²) in [4.78, 5) is 12.7. The third-order valence-electron chi connectivity index (χ3n) is 3.00. The highest BCUT2D eigenvalue weighted by Crippen LogP contribution is 2.29. The first-order chi connectivity index (χ1) is 9.71. The van der Waals surface area contributed by atoms with Crippen LogP contribution < -0.4 is 14.2 Å². The van der Waals surface area contributed by atoms with Gasteiger partial charge in [0.15, 0.2) is 0 Å². The lowest BCUT2D eigenvalue weighted by Gasteiger charge is -2.11. The van der Waals surface area contributed by atoms with Gasteiger partial charge in [0.1, 0.15) is 17.2 Å². The predicted octanol–water partition coefficient (Wildman–Crippen LogP) is 2.94. The van der Waals surface area contributed by atoms with Crippen molar-refractivity contribution >= 4 is 5.78 Å². The van der Waals surface area contributed by atoms with Crippen LogP contribution in [0.3, 0.4) is 0 Å². The molecule has 0 saturated carbocycles. The molecular weight excluding hydrogens is 256 g/mol. The van der Waals surface area contributed by atoms with Gasteiger partial charge in [-0.1, -0.05) is 12.1 Å². The number of carbonyl (C=O) groups excluding carboxylic acids is 1. The van der Waals surface area contributed by atoms with E-state index in [1.54, 1.807) is 43.5 Å². The lowest BCUT2D eigenvalue weighted by Crippen LogP contribution is -2.06. The number of methoxy groups -OCH3 is 3. The number of hydrogen-bond acceptors (Lipinski definition) is 4. The molecule has 2 aromatic rings. The number of carbonyl (C=O) groups is 1. The van der Waals surface area contributed by atoms with Gasteiger partial charge in [-0.2, -0.15) is 0 Å². The van der Waals surface area contributed by atoms with E-state index in [1.165, 1.54) is 14.2 Å². The molecule has 0 aromatic heterocycles. The molecule has 2 rings (SSSR count). The smallest absolute Gasteiger partial charge is 0.200 e. The largest absolute Gasteiger partial charge is 0.497 e. The van der Waals surface area contributed by atoms with Crippen molar-refractivity contribution in [1.29, 1.82) is 0 Å². The molecule has 0 unspecified atom stereocenters. The molecule has 0 N–H and O–H groups in total. The van der Waals surface area contributed by atoms with Gasteiger partial charge >= 0.3 is 0 Å². The van der Waals surface area contributed by atoms with Crippen molar-refractivity contribution in [1.82, 2.24) is 0 Å². The zero-order chi connectivity index (χ0) is 14.5. The first-order valence-corrected chi connectivity index (χ1v) is 6.11. The second kappa shape index (κ2) is 6.10. The maximum atomic E-state index is 12.7. The molecule has 0 heterocycles. The highest BCUT2D eigenvalue weighted by molar-refractivity contribution is 6.12. The lowest BCUT2D eigenvalue weighted by molar-refractivity contribution is 0.103. The first kappa shape index (κ1) is 13.9. The summed E-state index contributed by atoms with van der Waals surface area (Å²) < 4.78 is 15.6. The topological polar surface area (TPSA) is 44.8 Å². The molecule has 0 atom stereocenters. The number of ether oxygens (including phenoxy) is 3. The first-order valence-electron chi connectivity index (χ1n) is 6.11. The van der Waals surface area contributed by atoms with Crippen LogP contribution in [0.5, 0.6) is 17.2 Å². The normalized spacial score (nSPS) is 9.95. The molecule has 0 bridgehead atoms. The van der Waals surface area contributed by atoms with Gasteiger partial charge in [0, 0.05) is 0 Å². The van der Waals surface area contributed by atoms with Crippen LogP contribution in [0.15, 0.2) is 42.5 Å². The van der Waals surface area contributed by atoms with E-state index in [4.69, 9.17) is 14.2 Å². The molecular formula is C16H16O4. The van der Waals surface area contributed by atoms with Gasteiger partial charge in [0.05, 0.1) is 32.5 Å². The quantitative estimate of drug-likeness (QED) is 0.785. The molecule has 0 fully saturated rings. The summed E-state index contributed by atoms with van der Waals surface area (Å²) in [5, 5.41) is 0. The van der Waals surface area contributed by atoms with Gasteiger partial charge in [-0.05, 0) is 30.3 Å². The van der Waals surface area contributed by atoms with E-state index >= 15 is 0 Å². The highest BCUT2D eigenvalue weighted by atomic mass is 16.5. The lowest BCUT2D eigenvalue weighted by atomic mass is 10.0. The number of para-hydroxylation sites is 1. The minimum Gasteiger partial charge on any atom is -0.497 e. The SMILES string of the molecule is COc1ccc(OC)c(C(=O)c2ccccc2OC)c1. The highest BCUT2D eigenvalue weighted by Gasteiger charge is 2.18. The Morgan fingerprint density at radius 2 is 1.45 bits per heavy atom. The average molecular weight is 272 g/mol. The molecule has 0 aliphatic carbocycles. The van der Waals surface area contributed by atoms with Crippen molar-refractivity contribution < 1.29 is 19.0 Å². The maximum absolute atomic E-state index is 12.7. The summed E-state index contributed by atoms with van der Waals surface area (Å²) in [6, 6.07) is 12.2. The molecule has 4 heteroatoms. The Bertz CT molecular complexity index is 620. The van der Waals surface area contributed by atoms with Crippen LogP contribution in [-0.2, 0) is 0 Å². The zero-order valence-corrected chi connectivity index (χ0v) is 11.7. The number of hydrogen-bond donors (Lipinski definition) is 0. The molecule has 0 spiro atoms. The Morgan fingerprint density at radius 3 is 2.10 bits per heavy atom. The van der Waals surface area contributed by atoms with Gasteiger partial charge < -0.3 is 14.2 Å². The molecule has 0 radical (unpaired) electrons. The van der Waals surface area contributed by atoms with Crippen molar-refractivity contribution in [2.24, 2.45) is 0 Å². The standard InChI is InChI=1S/C16H16O4/c1-18-11-8-9-15(20-3)13(10-11)16(17)12-6-4-5-7-14(12)19-2/h4-10H,1-3H3. The summed E-state index contributed by atoms with van der Waals surface area (Å²) in [5.74, 6) is 1.46. The molecule has 2 aromatic carbocycles. The molecule has 0 amide bonds. The van der Waals surface area contributed by atoms with Gasteiger partial charge in [-0.3, -0.25) is 4.79 Å². The molecule has 0 aliphatic heterocycles. The van der Waals surface area contributed by atoms with E-state index in [0.717, 1.165) is 0 Å². The summed E-state index contributed by atoms with van der Waals surface area (Å²) in [7, 11) is 4.62. The second-order valence-electron chi connectivity index (χ2n) is 4.10. The van der Waals surface area contributed by atoms with Gasteiger partial charge in [-0.25, -0.2) is 0 Å². The summed E-state index contributed by atoms with van der Waals surface area (Å²) in [6.45, 7) is 0. The van der Waals surface area contributed by atoms with Crippen LogP contribution in [-0.4, -0.2) is 27.1 Å². The zero-order valence-electron chi connectivity index (χ0n) is 11.7. The predicted molar refractivity (Wildman–Crippen MR) is 76.0 cm³/mol. The van der Waals surface area contributed by atoms with Crippen LogP contribution in [0, 0.1) is 0 Å². The van der Waals surface area contributed by atoms with E-state index in [2.05, 4.69) is 0 Å². The number of ketones is 1. The molecule has 104 valence electrons. The Balaban J connectivity index is 2.52. The van der Waals surface area contributed by atoms with E-state index in [1.807, 2.05) is 6.07 Å². The summed E-state index contributed by atoms with van der Waals surface area (Å²) in [6.07, 6.45) is 0. The van der Waals surface area contributed by atoms with E-state index < -0.39 is 0 Å². The Hall–Kier alpha value is -2.49. The van der Waals surface area contributed by atoms with Gasteiger partial charge in [0.2, 0.25) is 5.78 Å². The number of rotatable bonds is 5. The van der Waals surface area contributed by atoms with Crippen LogP contribution in [0.25, 0.3) is 0 Å². The van der Waals surface area contributed by atoms with Gasteiger partial charge in [0.25, 0.3) is 0 Å². The fourth-order valence-corrected chi connectivity index (χ4v) is 1.97. The monoisotopic (exact) mass is 272 g/mol. The second-order valence-corrected chi connectivity index (χ2v) is 4.10. The molecule has 0 aliphatic rings. The molecule has 4 nitrogen and oxygen atoms in total. The Kier molecular flexibility index (Phi) is 4.25. The number of benzene rings is 2. The van der Waals surface area contributed by atoms with E-state index in [9.17, 15) is 4.79 Å². The van der Waals surface area contributed by atoms with E-state index in [-0.39, 0.29) is 5.78 Å². The van der Waals surface area contributed by atoms with Crippen molar-refractivity contribution in [2.75, 3.05) is 21.3 Å². The fraction of sp³-hybridized carbons (Fsp3) is 0.188. The fourth-order valence-electron chi connectivity index (χ4n) is 1.97. The molecule has 0 saturated heterocycles. The van der Waals surface area contributed by atoms with Crippen molar-refractivity contribution in [3.63, 3.8) is 0 Å². The van der Waals surface area contributed by atoms with Crippen molar-refractivity contribution in [2.45, 2.75) is 0 Å². The molecule has 20 heavy (non-hydrogen) atoms. The van der Waals surface area contributed by atoms with Crippen LogP contribution in [0.2, 0.25) is 0 Å². The van der Waals surface area contributed by atoms with Crippen molar-refractivity contribution in [3.8, 4) is 17.2 Å². The average Bonchev–Trinajstić information content (AvgIpc) is 2.53. The van der Waals surface area contributed by atoms with Crippen LogP contribution >= 0.6 is 0 Å². The maximum Gasteiger partial charge on any atom is 0.200 e. The minimum absolute atomic E-state index is 0.168. The Labute approximate surface area is 117 Å². The summed E-state index contributed by atoms with van der Waals surface area (Å²) in [5.41, 5.74) is 0.929. The third-order valence-corrected chi connectivity index (χ3v) is 3.00.